The van der Waals surface area contributed by atoms with Gasteiger partial charge in [-0.25, -0.2) is 4.79 Å². The van der Waals surface area contributed by atoms with Gasteiger partial charge in [-0.15, -0.1) is 0 Å². The summed E-state index contributed by atoms with van der Waals surface area (Å²) in [5.74, 6) is 1.24. The average Bonchev–Trinajstić information content (AvgIpc) is 2.55. The molecule has 4 nitrogen and oxygen atoms in total. The SMILES string of the molecule is C=COc1cc(CCC)c2c(c1C1C=C(C)CCC1)OCOC2=O. The van der Waals surface area contributed by atoms with Gasteiger partial charge in [-0.3, -0.25) is 0 Å². The highest BCUT2D eigenvalue weighted by molar-refractivity contribution is 5.96. The fraction of sp³-hybridized carbons (Fsp3) is 0.450. The topological polar surface area (TPSA) is 44.8 Å². The smallest absolute Gasteiger partial charge is 0.345 e. The minimum absolute atomic E-state index is 0.0443. The molecule has 0 radical (unpaired) electrons. The maximum absolute atomic E-state index is 12.4. The summed E-state index contributed by atoms with van der Waals surface area (Å²) in [6, 6.07) is 1.95. The number of hydrogen-bond donors (Lipinski definition) is 0. The zero-order chi connectivity index (χ0) is 17.1. The molecule has 0 fully saturated rings. The van der Waals surface area contributed by atoms with E-state index in [9.17, 15) is 4.79 Å². The quantitative estimate of drug-likeness (QED) is 0.439. The molecule has 1 aromatic carbocycles. The summed E-state index contributed by atoms with van der Waals surface area (Å²) in [6.45, 7) is 7.87. The molecule has 0 bridgehead atoms. The molecule has 1 aromatic rings. The van der Waals surface area contributed by atoms with Crippen molar-refractivity contribution in [3.63, 3.8) is 0 Å². The maximum Gasteiger partial charge on any atom is 0.345 e. The highest BCUT2D eigenvalue weighted by atomic mass is 16.7. The van der Waals surface area contributed by atoms with Gasteiger partial charge >= 0.3 is 5.97 Å². The normalized spacial score (nSPS) is 19.7. The van der Waals surface area contributed by atoms with Crippen LogP contribution in [0, 0.1) is 0 Å². The Bertz CT molecular complexity index is 687. The molecule has 1 unspecified atom stereocenters. The summed E-state index contributed by atoms with van der Waals surface area (Å²) in [7, 11) is 0. The van der Waals surface area contributed by atoms with Crippen LogP contribution in [0.2, 0.25) is 0 Å². The number of carbonyl (C=O) groups is 1. The van der Waals surface area contributed by atoms with Gasteiger partial charge in [-0.1, -0.05) is 31.6 Å². The number of hydrogen-bond acceptors (Lipinski definition) is 4. The van der Waals surface area contributed by atoms with E-state index in [0.29, 0.717) is 11.3 Å². The molecule has 1 aliphatic carbocycles. The lowest BCUT2D eigenvalue weighted by atomic mass is 9.83. The van der Waals surface area contributed by atoms with Crippen LogP contribution < -0.4 is 9.47 Å². The molecule has 0 saturated carbocycles. The Morgan fingerprint density at radius 2 is 2.25 bits per heavy atom. The zero-order valence-corrected chi connectivity index (χ0v) is 14.4. The van der Waals surface area contributed by atoms with Crippen molar-refractivity contribution in [2.75, 3.05) is 6.79 Å². The first-order valence-corrected chi connectivity index (χ1v) is 8.60. The molecule has 2 aliphatic rings. The number of aryl methyl sites for hydroxylation is 1. The van der Waals surface area contributed by atoms with Gasteiger partial charge in [0.2, 0.25) is 6.79 Å². The summed E-state index contributed by atoms with van der Waals surface area (Å²) in [4.78, 5) is 12.4. The second kappa shape index (κ2) is 7.12. The number of esters is 1. The van der Waals surface area contributed by atoms with Crippen molar-refractivity contribution in [2.45, 2.75) is 51.9 Å². The van der Waals surface area contributed by atoms with E-state index in [0.717, 1.165) is 49.0 Å². The Hall–Kier alpha value is -2.23. The molecule has 0 spiro atoms. The standard InChI is InChI=1S/C20H24O4/c1-4-7-14-11-16(22-5-2)17(15-9-6-8-13(3)10-15)19-18(14)20(21)24-12-23-19/h5,10-11,15H,2,4,6-9,12H2,1,3H3. The molecule has 1 heterocycles. The van der Waals surface area contributed by atoms with Gasteiger partial charge in [-0.2, -0.15) is 0 Å². The fourth-order valence-electron chi connectivity index (χ4n) is 3.63. The number of ether oxygens (including phenoxy) is 3. The molecule has 0 saturated heterocycles. The zero-order valence-electron chi connectivity index (χ0n) is 14.4. The van der Waals surface area contributed by atoms with E-state index in [1.54, 1.807) is 0 Å². The minimum atomic E-state index is -0.303. The monoisotopic (exact) mass is 328 g/mol. The Morgan fingerprint density at radius 1 is 1.42 bits per heavy atom. The number of carbonyl (C=O) groups excluding carboxylic acids is 1. The van der Waals surface area contributed by atoms with Crippen molar-refractivity contribution in [1.29, 1.82) is 0 Å². The lowest BCUT2D eigenvalue weighted by Gasteiger charge is -2.28. The lowest BCUT2D eigenvalue weighted by molar-refractivity contribution is 0.00411. The fourth-order valence-corrected chi connectivity index (χ4v) is 3.63. The number of benzene rings is 1. The summed E-state index contributed by atoms with van der Waals surface area (Å²) >= 11 is 0. The third kappa shape index (κ3) is 3.05. The van der Waals surface area contributed by atoms with Crippen LogP contribution in [0.1, 0.15) is 66.9 Å². The van der Waals surface area contributed by atoms with Crippen LogP contribution in [-0.2, 0) is 11.2 Å². The van der Waals surface area contributed by atoms with Crippen LogP contribution in [0.5, 0.6) is 11.5 Å². The van der Waals surface area contributed by atoms with Crippen LogP contribution in [0.4, 0.5) is 0 Å². The maximum atomic E-state index is 12.4. The number of fused-ring (bicyclic) bond motifs is 1. The van der Waals surface area contributed by atoms with Crippen molar-refractivity contribution in [3.05, 3.63) is 47.2 Å². The number of rotatable bonds is 5. The second-order valence-corrected chi connectivity index (χ2v) is 6.39. The Morgan fingerprint density at radius 3 is 2.96 bits per heavy atom. The second-order valence-electron chi connectivity index (χ2n) is 6.39. The first kappa shape index (κ1) is 16.6. The summed E-state index contributed by atoms with van der Waals surface area (Å²) in [5, 5.41) is 0. The van der Waals surface area contributed by atoms with Gasteiger partial charge in [0.1, 0.15) is 17.1 Å². The highest BCUT2D eigenvalue weighted by Crippen LogP contribution is 2.46. The van der Waals surface area contributed by atoms with Gasteiger partial charge in [0.05, 0.1) is 6.26 Å². The predicted octanol–water partition coefficient (Wildman–Crippen LogP) is 4.88. The third-order valence-electron chi connectivity index (χ3n) is 4.63. The van der Waals surface area contributed by atoms with E-state index in [2.05, 4.69) is 26.5 Å². The molecule has 24 heavy (non-hydrogen) atoms. The van der Waals surface area contributed by atoms with Crippen LogP contribution in [0.25, 0.3) is 0 Å². The Labute approximate surface area is 143 Å². The summed E-state index contributed by atoms with van der Waals surface area (Å²) in [6.07, 6.45) is 8.65. The van der Waals surface area contributed by atoms with Crippen LogP contribution in [-0.4, -0.2) is 12.8 Å². The minimum Gasteiger partial charge on any atom is -0.465 e. The molecule has 128 valence electrons. The van der Waals surface area contributed by atoms with Gasteiger partial charge < -0.3 is 14.2 Å². The van der Waals surface area contributed by atoms with E-state index < -0.39 is 0 Å². The van der Waals surface area contributed by atoms with E-state index in [1.807, 2.05) is 6.07 Å². The van der Waals surface area contributed by atoms with Gasteiger partial charge in [0, 0.05) is 11.5 Å². The Balaban J connectivity index is 2.21. The highest BCUT2D eigenvalue weighted by Gasteiger charge is 2.32. The van der Waals surface area contributed by atoms with Gasteiger partial charge in [0.15, 0.2) is 0 Å². The number of cyclic esters (lactones) is 1. The first-order chi connectivity index (χ1) is 11.7. The largest absolute Gasteiger partial charge is 0.465 e. The average molecular weight is 328 g/mol. The molecule has 0 amide bonds. The van der Waals surface area contributed by atoms with E-state index in [-0.39, 0.29) is 18.7 Å². The molecular weight excluding hydrogens is 304 g/mol. The molecule has 1 atom stereocenters. The summed E-state index contributed by atoms with van der Waals surface area (Å²) < 4.78 is 16.6. The van der Waals surface area contributed by atoms with Crippen molar-refractivity contribution < 1.29 is 19.0 Å². The van der Waals surface area contributed by atoms with Crippen molar-refractivity contribution in [2.24, 2.45) is 0 Å². The Kier molecular flexibility index (Phi) is 4.93. The van der Waals surface area contributed by atoms with Crippen molar-refractivity contribution in [3.8, 4) is 11.5 Å². The van der Waals surface area contributed by atoms with Gasteiger partial charge in [-0.05, 0) is 44.2 Å². The molecule has 0 aromatic heterocycles. The lowest BCUT2D eigenvalue weighted by Crippen LogP contribution is -2.23. The summed E-state index contributed by atoms with van der Waals surface area (Å²) in [5.41, 5.74) is 3.78. The first-order valence-electron chi connectivity index (χ1n) is 8.60. The van der Waals surface area contributed by atoms with E-state index >= 15 is 0 Å². The van der Waals surface area contributed by atoms with E-state index in [4.69, 9.17) is 14.2 Å². The molecule has 1 aliphatic heterocycles. The molecular formula is C20H24O4. The van der Waals surface area contributed by atoms with Crippen LogP contribution in [0.3, 0.4) is 0 Å². The molecule has 4 heteroatoms. The molecule has 0 N–H and O–H groups in total. The van der Waals surface area contributed by atoms with Crippen LogP contribution in [0.15, 0.2) is 30.6 Å². The third-order valence-corrected chi connectivity index (χ3v) is 4.63. The predicted molar refractivity (Wildman–Crippen MR) is 92.5 cm³/mol. The molecule has 3 rings (SSSR count). The number of allylic oxidation sites excluding steroid dienone is 2. The van der Waals surface area contributed by atoms with Crippen molar-refractivity contribution >= 4 is 5.97 Å². The van der Waals surface area contributed by atoms with Crippen molar-refractivity contribution in [1.82, 2.24) is 0 Å². The van der Waals surface area contributed by atoms with E-state index in [1.165, 1.54) is 11.8 Å². The van der Waals surface area contributed by atoms with Gasteiger partial charge in [0.25, 0.3) is 0 Å². The van der Waals surface area contributed by atoms with Crippen LogP contribution >= 0.6 is 0 Å².